The molecule has 2 heterocycles. The van der Waals surface area contributed by atoms with Gasteiger partial charge in [0.05, 0.1) is 11.6 Å². The number of carbonyl (C=O) groups excluding carboxylic acids is 1. The number of aromatic nitrogens is 1. The SMILES string of the molecule is C[C@H]1[C@H](/C=C/c2ccc(-c3cccc(Cl)c3)cn2)[C@@H]2[C@@H](C)OC(=O)[C@@H]2C[C@@H]1C. The van der Waals surface area contributed by atoms with E-state index in [0.717, 1.165) is 28.3 Å². The maximum Gasteiger partial charge on any atom is 0.309 e. The van der Waals surface area contributed by atoms with Crippen molar-refractivity contribution in [3.8, 4) is 11.1 Å². The lowest BCUT2D eigenvalue weighted by atomic mass is 9.62. The summed E-state index contributed by atoms with van der Waals surface area (Å²) >= 11 is 6.09. The van der Waals surface area contributed by atoms with E-state index in [9.17, 15) is 4.79 Å². The van der Waals surface area contributed by atoms with Crippen molar-refractivity contribution >= 4 is 23.6 Å². The molecular formula is C24H26ClNO2. The first-order valence-electron chi connectivity index (χ1n) is 10.0. The molecule has 4 rings (SSSR count). The number of hydrogen-bond acceptors (Lipinski definition) is 3. The number of esters is 1. The Morgan fingerprint density at radius 2 is 1.96 bits per heavy atom. The van der Waals surface area contributed by atoms with Gasteiger partial charge < -0.3 is 4.74 Å². The highest BCUT2D eigenvalue weighted by Gasteiger charge is 2.51. The molecule has 0 unspecified atom stereocenters. The van der Waals surface area contributed by atoms with Crippen molar-refractivity contribution < 1.29 is 9.53 Å². The molecule has 1 aromatic carbocycles. The molecule has 1 aliphatic heterocycles. The van der Waals surface area contributed by atoms with E-state index in [-0.39, 0.29) is 23.9 Å². The van der Waals surface area contributed by atoms with Gasteiger partial charge in [0.15, 0.2) is 0 Å². The number of ether oxygens (including phenoxy) is 1. The van der Waals surface area contributed by atoms with Crippen LogP contribution in [0.1, 0.15) is 32.9 Å². The molecule has 28 heavy (non-hydrogen) atoms. The Morgan fingerprint density at radius 3 is 2.68 bits per heavy atom. The van der Waals surface area contributed by atoms with Crippen LogP contribution in [-0.4, -0.2) is 17.1 Å². The van der Waals surface area contributed by atoms with Gasteiger partial charge in [-0.25, -0.2) is 0 Å². The molecule has 0 spiro atoms. The van der Waals surface area contributed by atoms with Crippen LogP contribution in [0.25, 0.3) is 17.2 Å². The number of allylic oxidation sites excluding steroid dienone is 1. The highest BCUT2D eigenvalue weighted by Crippen LogP contribution is 2.48. The molecule has 0 N–H and O–H groups in total. The molecule has 2 aliphatic rings. The molecule has 3 nitrogen and oxygen atoms in total. The van der Waals surface area contributed by atoms with Gasteiger partial charge in [-0.1, -0.05) is 49.7 Å². The highest BCUT2D eigenvalue weighted by atomic mass is 35.5. The molecule has 2 fully saturated rings. The van der Waals surface area contributed by atoms with Crippen molar-refractivity contribution in [2.75, 3.05) is 0 Å². The lowest BCUT2D eigenvalue weighted by molar-refractivity contribution is -0.144. The van der Waals surface area contributed by atoms with E-state index in [1.165, 1.54) is 0 Å². The Kier molecular flexibility index (Phi) is 5.29. The van der Waals surface area contributed by atoms with Crippen LogP contribution in [0.4, 0.5) is 0 Å². The predicted molar refractivity (Wildman–Crippen MR) is 113 cm³/mol. The summed E-state index contributed by atoms with van der Waals surface area (Å²) in [5.74, 6) is 1.63. The van der Waals surface area contributed by atoms with Crippen LogP contribution in [-0.2, 0) is 9.53 Å². The maximum atomic E-state index is 12.2. The van der Waals surface area contributed by atoms with Gasteiger partial charge in [0.25, 0.3) is 0 Å². The standard InChI is InChI=1S/C24H26ClNO2/c1-14-11-22-23(16(3)28-24(22)27)21(15(14)2)10-9-20-8-7-18(13-26-20)17-5-4-6-19(25)12-17/h4-10,12-16,21-23H,11H2,1-3H3/b10-9+/t14-,15+,16+,21-,22+,23-/m0/s1. The lowest BCUT2D eigenvalue weighted by Gasteiger charge is -2.40. The third-order valence-corrected chi connectivity index (χ3v) is 6.85. The summed E-state index contributed by atoms with van der Waals surface area (Å²) in [6.07, 6.45) is 7.14. The number of halogens is 1. The number of fused-ring (bicyclic) bond motifs is 1. The van der Waals surface area contributed by atoms with Crippen molar-refractivity contribution in [3.05, 3.63) is 59.4 Å². The molecule has 1 saturated heterocycles. The number of benzene rings is 1. The number of nitrogens with zero attached hydrogens (tertiary/aromatic N) is 1. The third-order valence-electron chi connectivity index (χ3n) is 6.62. The van der Waals surface area contributed by atoms with Crippen LogP contribution in [0.2, 0.25) is 5.02 Å². The zero-order valence-corrected chi connectivity index (χ0v) is 17.3. The summed E-state index contributed by atoms with van der Waals surface area (Å²) in [6.45, 7) is 6.57. The number of rotatable bonds is 3. The van der Waals surface area contributed by atoms with Crippen molar-refractivity contribution in [3.63, 3.8) is 0 Å². The van der Waals surface area contributed by atoms with Crippen LogP contribution in [0.15, 0.2) is 48.7 Å². The monoisotopic (exact) mass is 395 g/mol. The minimum absolute atomic E-state index is 0.0136. The van der Waals surface area contributed by atoms with Gasteiger partial charge in [0, 0.05) is 22.7 Å². The van der Waals surface area contributed by atoms with Crippen LogP contribution in [0.5, 0.6) is 0 Å². The Hall–Kier alpha value is -2.13. The first kappa shape index (κ1) is 19.2. The van der Waals surface area contributed by atoms with Gasteiger partial charge in [-0.3, -0.25) is 9.78 Å². The molecule has 0 radical (unpaired) electrons. The van der Waals surface area contributed by atoms with Crippen molar-refractivity contribution in [1.82, 2.24) is 4.98 Å². The van der Waals surface area contributed by atoms with E-state index in [1.54, 1.807) is 0 Å². The number of carbonyl (C=O) groups is 1. The Labute approximate surface area is 171 Å². The van der Waals surface area contributed by atoms with E-state index < -0.39 is 0 Å². The minimum atomic E-state index is -0.0151. The van der Waals surface area contributed by atoms with Crippen molar-refractivity contribution in [2.24, 2.45) is 29.6 Å². The van der Waals surface area contributed by atoms with Crippen LogP contribution in [0, 0.1) is 29.6 Å². The van der Waals surface area contributed by atoms with E-state index in [0.29, 0.717) is 17.8 Å². The van der Waals surface area contributed by atoms with Gasteiger partial charge in [-0.2, -0.15) is 0 Å². The predicted octanol–water partition coefficient (Wildman–Crippen LogP) is 5.89. The average molecular weight is 396 g/mol. The maximum absolute atomic E-state index is 12.2. The zero-order valence-electron chi connectivity index (χ0n) is 16.5. The second kappa shape index (κ2) is 7.71. The number of pyridine rings is 1. The molecule has 2 aromatic rings. The van der Waals surface area contributed by atoms with Crippen molar-refractivity contribution in [2.45, 2.75) is 33.3 Å². The summed E-state index contributed by atoms with van der Waals surface area (Å²) in [5, 5.41) is 0.721. The molecule has 6 atom stereocenters. The smallest absolute Gasteiger partial charge is 0.309 e. The Bertz CT molecular complexity index is 892. The summed E-state index contributed by atoms with van der Waals surface area (Å²) in [5.41, 5.74) is 3.02. The second-order valence-electron chi connectivity index (χ2n) is 8.32. The quantitative estimate of drug-likeness (QED) is 0.608. The summed E-state index contributed by atoms with van der Waals surface area (Å²) < 4.78 is 5.56. The third kappa shape index (κ3) is 3.60. The zero-order chi connectivity index (χ0) is 19.8. The topological polar surface area (TPSA) is 39.2 Å². The van der Waals surface area contributed by atoms with Gasteiger partial charge in [-0.15, -0.1) is 0 Å². The number of hydrogen-bond donors (Lipinski definition) is 0. The molecular weight excluding hydrogens is 370 g/mol. The van der Waals surface area contributed by atoms with Gasteiger partial charge in [-0.05, 0) is 60.9 Å². The van der Waals surface area contributed by atoms with Gasteiger partial charge in [0.2, 0.25) is 0 Å². The van der Waals surface area contributed by atoms with Crippen LogP contribution >= 0.6 is 11.6 Å². The molecule has 0 amide bonds. The van der Waals surface area contributed by atoms with Gasteiger partial charge in [0.1, 0.15) is 6.10 Å². The van der Waals surface area contributed by atoms with E-state index in [1.807, 2.05) is 43.5 Å². The normalized spacial score (nSPS) is 32.4. The molecule has 1 saturated carbocycles. The fraction of sp³-hybridized carbons (Fsp3) is 0.417. The Balaban J connectivity index is 1.55. The fourth-order valence-electron chi connectivity index (χ4n) is 4.87. The second-order valence-corrected chi connectivity index (χ2v) is 8.75. The van der Waals surface area contributed by atoms with E-state index in [4.69, 9.17) is 16.3 Å². The molecule has 4 heteroatoms. The summed E-state index contributed by atoms with van der Waals surface area (Å²) in [4.78, 5) is 16.8. The first-order valence-corrected chi connectivity index (χ1v) is 10.4. The summed E-state index contributed by atoms with van der Waals surface area (Å²) in [7, 11) is 0. The minimum Gasteiger partial charge on any atom is -0.462 e. The molecule has 0 bridgehead atoms. The Morgan fingerprint density at radius 1 is 1.14 bits per heavy atom. The van der Waals surface area contributed by atoms with Gasteiger partial charge >= 0.3 is 5.97 Å². The molecule has 146 valence electrons. The van der Waals surface area contributed by atoms with Crippen LogP contribution in [0.3, 0.4) is 0 Å². The fourth-order valence-corrected chi connectivity index (χ4v) is 5.06. The largest absolute Gasteiger partial charge is 0.462 e. The average Bonchev–Trinajstić information content (AvgIpc) is 2.96. The molecule has 1 aliphatic carbocycles. The van der Waals surface area contributed by atoms with Crippen LogP contribution < -0.4 is 0 Å². The number of cyclic esters (lactones) is 1. The van der Waals surface area contributed by atoms with Crippen molar-refractivity contribution in [1.29, 1.82) is 0 Å². The lowest BCUT2D eigenvalue weighted by Crippen LogP contribution is -2.39. The highest BCUT2D eigenvalue weighted by molar-refractivity contribution is 6.30. The first-order chi connectivity index (χ1) is 13.4. The molecule has 1 aromatic heterocycles. The van der Waals surface area contributed by atoms with E-state index in [2.05, 4.69) is 37.0 Å². The summed E-state index contributed by atoms with van der Waals surface area (Å²) in [6, 6.07) is 11.9. The van der Waals surface area contributed by atoms with E-state index >= 15 is 0 Å².